The van der Waals surface area contributed by atoms with E-state index < -0.39 is 0 Å². The highest BCUT2D eigenvalue weighted by Crippen LogP contribution is 2.23. The largest absolute Gasteiger partial charge is 0.346 e. The number of nitrogens with one attached hydrogen (secondary N) is 1. The van der Waals surface area contributed by atoms with Gasteiger partial charge in [0.2, 0.25) is 5.91 Å². The first-order valence-corrected chi connectivity index (χ1v) is 8.42. The molecule has 25 heavy (non-hydrogen) atoms. The highest BCUT2D eigenvalue weighted by molar-refractivity contribution is 5.91. The number of amides is 1. The Labute approximate surface area is 147 Å². The van der Waals surface area contributed by atoms with Crippen molar-refractivity contribution in [1.82, 2.24) is 4.57 Å². The monoisotopic (exact) mass is 336 g/mol. The molecule has 0 radical (unpaired) electrons. The Balaban J connectivity index is 1.75. The van der Waals surface area contributed by atoms with Crippen LogP contribution in [0, 0.1) is 5.82 Å². The standard InChI is InChI=1S/C21H21FN2O/c1-2-16-5-11-19(12-6-16)23-21(25)15-20(24-13-3-4-14-24)17-7-9-18(22)10-8-17/h3-14,20H,2,15H2,1H3,(H,23,25)/t20-/m1/s1. The highest BCUT2D eigenvalue weighted by Gasteiger charge is 2.17. The van der Waals surface area contributed by atoms with Crippen molar-refractivity contribution < 1.29 is 9.18 Å². The SMILES string of the molecule is CCc1ccc(NC(=O)C[C@H](c2ccc(F)cc2)n2cccc2)cc1. The summed E-state index contributed by atoms with van der Waals surface area (Å²) in [6.45, 7) is 2.10. The summed E-state index contributed by atoms with van der Waals surface area (Å²) < 4.78 is 15.2. The van der Waals surface area contributed by atoms with E-state index in [0.29, 0.717) is 0 Å². The molecule has 1 aromatic heterocycles. The molecule has 4 heteroatoms. The predicted octanol–water partition coefficient (Wildman–Crippen LogP) is 4.81. The average molecular weight is 336 g/mol. The molecule has 1 heterocycles. The lowest BCUT2D eigenvalue weighted by atomic mass is 10.0. The van der Waals surface area contributed by atoms with Gasteiger partial charge in [-0.2, -0.15) is 0 Å². The van der Waals surface area contributed by atoms with Gasteiger partial charge >= 0.3 is 0 Å². The molecule has 0 fully saturated rings. The minimum Gasteiger partial charge on any atom is -0.346 e. The van der Waals surface area contributed by atoms with Crippen LogP contribution in [0.4, 0.5) is 10.1 Å². The second-order valence-corrected chi connectivity index (χ2v) is 6.00. The van der Waals surface area contributed by atoms with Gasteiger partial charge in [-0.05, 0) is 53.9 Å². The molecule has 2 aromatic carbocycles. The van der Waals surface area contributed by atoms with E-state index in [1.807, 2.05) is 53.4 Å². The topological polar surface area (TPSA) is 34.0 Å². The van der Waals surface area contributed by atoms with Crippen molar-refractivity contribution in [1.29, 1.82) is 0 Å². The Morgan fingerprint density at radius 1 is 1.04 bits per heavy atom. The van der Waals surface area contributed by atoms with Gasteiger partial charge < -0.3 is 9.88 Å². The fourth-order valence-corrected chi connectivity index (χ4v) is 2.85. The lowest BCUT2D eigenvalue weighted by Gasteiger charge is -2.19. The number of aromatic nitrogens is 1. The third kappa shape index (κ3) is 4.35. The lowest BCUT2D eigenvalue weighted by Crippen LogP contribution is -2.19. The van der Waals surface area contributed by atoms with Crippen LogP contribution in [0.3, 0.4) is 0 Å². The smallest absolute Gasteiger partial charge is 0.226 e. The van der Waals surface area contributed by atoms with Crippen LogP contribution in [0.15, 0.2) is 73.1 Å². The fourth-order valence-electron chi connectivity index (χ4n) is 2.85. The minimum absolute atomic E-state index is 0.0766. The zero-order valence-electron chi connectivity index (χ0n) is 14.2. The molecule has 3 aromatic rings. The molecule has 128 valence electrons. The third-order valence-electron chi connectivity index (χ3n) is 4.27. The predicted molar refractivity (Wildman–Crippen MR) is 98.0 cm³/mol. The summed E-state index contributed by atoms with van der Waals surface area (Å²) in [5.74, 6) is -0.359. The molecule has 0 saturated heterocycles. The van der Waals surface area contributed by atoms with Gasteiger partial charge in [0.1, 0.15) is 5.82 Å². The molecular formula is C21H21FN2O. The van der Waals surface area contributed by atoms with Crippen LogP contribution < -0.4 is 5.32 Å². The summed E-state index contributed by atoms with van der Waals surface area (Å²) in [5, 5.41) is 2.94. The summed E-state index contributed by atoms with van der Waals surface area (Å²) in [7, 11) is 0. The number of rotatable bonds is 6. The Bertz CT molecular complexity index is 808. The summed E-state index contributed by atoms with van der Waals surface area (Å²) in [6, 6.07) is 17.8. The van der Waals surface area contributed by atoms with E-state index in [2.05, 4.69) is 12.2 Å². The fraction of sp³-hybridized carbons (Fsp3) is 0.190. The van der Waals surface area contributed by atoms with E-state index in [1.54, 1.807) is 12.1 Å². The van der Waals surface area contributed by atoms with Gasteiger partial charge in [-0.1, -0.05) is 31.2 Å². The van der Waals surface area contributed by atoms with E-state index in [4.69, 9.17) is 0 Å². The van der Waals surface area contributed by atoms with Gasteiger partial charge in [-0.15, -0.1) is 0 Å². The number of hydrogen-bond donors (Lipinski definition) is 1. The van der Waals surface area contributed by atoms with Crippen molar-refractivity contribution in [2.75, 3.05) is 5.32 Å². The molecule has 0 aliphatic heterocycles. The van der Waals surface area contributed by atoms with Gasteiger partial charge in [0.15, 0.2) is 0 Å². The molecule has 0 aliphatic rings. The van der Waals surface area contributed by atoms with Gasteiger partial charge in [-0.3, -0.25) is 4.79 Å². The highest BCUT2D eigenvalue weighted by atomic mass is 19.1. The molecule has 1 atom stereocenters. The van der Waals surface area contributed by atoms with E-state index in [-0.39, 0.29) is 24.2 Å². The van der Waals surface area contributed by atoms with E-state index >= 15 is 0 Å². The summed E-state index contributed by atoms with van der Waals surface area (Å²) in [6.07, 6.45) is 5.07. The van der Waals surface area contributed by atoms with Gasteiger partial charge in [-0.25, -0.2) is 4.39 Å². The molecule has 0 saturated carbocycles. The molecule has 3 nitrogen and oxygen atoms in total. The zero-order chi connectivity index (χ0) is 17.6. The number of hydrogen-bond acceptors (Lipinski definition) is 1. The number of carbonyl (C=O) groups is 1. The number of halogens is 1. The molecule has 3 rings (SSSR count). The van der Waals surface area contributed by atoms with Crippen LogP contribution in [-0.2, 0) is 11.2 Å². The van der Waals surface area contributed by atoms with Crippen molar-refractivity contribution >= 4 is 11.6 Å². The van der Waals surface area contributed by atoms with Gasteiger partial charge in [0, 0.05) is 18.1 Å². The molecule has 0 spiro atoms. The normalized spacial score (nSPS) is 11.9. The maximum absolute atomic E-state index is 13.2. The van der Waals surface area contributed by atoms with Crippen molar-refractivity contribution in [3.05, 3.63) is 90.0 Å². The van der Waals surface area contributed by atoms with Crippen LogP contribution in [0.5, 0.6) is 0 Å². The number of nitrogens with zero attached hydrogens (tertiary/aromatic N) is 1. The van der Waals surface area contributed by atoms with E-state index in [9.17, 15) is 9.18 Å². The summed E-state index contributed by atoms with van der Waals surface area (Å²) >= 11 is 0. The molecular weight excluding hydrogens is 315 g/mol. The average Bonchev–Trinajstić information content (AvgIpc) is 3.15. The van der Waals surface area contributed by atoms with E-state index in [0.717, 1.165) is 17.7 Å². The second-order valence-electron chi connectivity index (χ2n) is 6.00. The molecule has 0 aliphatic carbocycles. The number of aryl methyl sites for hydroxylation is 1. The lowest BCUT2D eigenvalue weighted by molar-refractivity contribution is -0.116. The van der Waals surface area contributed by atoms with E-state index in [1.165, 1.54) is 17.7 Å². The second kappa shape index (κ2) is 7.79. The van der Waals surface area contributed by atoms with Crippen LogP contribution in [-0.4, -0.2) is 10.5 Å². The Morgan fingerprint density at radius 3 is 2.28 bits per heavy atom. The van der Waals surface area contributed by atoms with Gasteiger partial charge in [0.05, 0.1) is 12.5 Å². The maximum Gasteiger partial charge on any atom is 0.226 e. The summed E-state index contributed by atoms with van der Waals surface area (Å²) in [4.78, 5) is 12.5. The first kappa shape index (κ1) is 17.0. The Hall–Kier alpha value is -2.88. The third-order valence-corrected chi connectivity index (χ3v) is 4.27. The first-order chi connectivity index (χ1) is 12.2. The molecule has 0 bridgehead atoms. The maximum atomic E-state index is 13.2. The van der Waals surface area contributed by atoms with Crippen molar-refractivity contribution in [3.63, 3.8) is 0 Å². The molecule has 1 amide bonds. The van der Waals surface area contributed by atoms with Crippen LogP contribution in [0.1, 0.15) is 30.5 Å². The van der Waals surface area contributed by atoms with Gasteiger partial charge in [0.25, 0.3) is 0 Å². The molecule has 1 N–H and O–H groups in total. The van der Waals surface area contributed by atoms with Crippen molar-refractivity contribution in [3.8, 4) is 0 Å². The Morgan fingerprint density at radius 2 is 1.68 bits per heavy atom. The number of carbonyl (C=O) groups excluding carboxylic acids is 1. The number of benzene rings is 2. The Kier molecular flexibility index (Phi) is 5.29. The minimum atomic E-state index is -0.282. The van der Waals surface area contributed by atoms with Crippen LogP contribution in [0.25, 0.3) is 0 Å². The zero-order valence-corrected chi connectivity index (χ0v) is 14.2. The number of anilines is 1. The van der Waals surface area contributed by atoms with Crippen LogP contribution in [0.2, 0.25) is 0 Å². The quantitative estimate of drug-likeness (QED) is 0.689. The van der Waals surface area contributed by atoms with Crippen molar-refractivity contribution in [2.45, 2.75) is 25.8 Å². The first-order valence-electron chi connectivity index (χ1n) is 8.42. The van der Waals surface area contributed by atoms with Crippen LogP contribution >= 0.6 is 0 Å². The van der Waals surface area contributed by atoms with Crippen molar-refractivity contribution in [2.24, 2.45) is 0 Å². The molecule has 0 unspecified atom stereocenters. The summed E-state index contributed by atoms with van der Waals surface area (Å²) in [5.41, 5.74) is 2.91.